The molecule has 0 N–H and O–H groups in total. The van der Waals surface area contributed by atoms with E-state index in [2.05, 4.69) is 24.0 Å². The Labute approximate surface area is 167 Å². The smallest absolute Gasteiger partial charge is 0.338 e. The van der Waals surface area contributed by atoms with Gasteiger partial charge in [-0.1, -0.05) is 30.7 Å². The highest BCUT2D eigenvalue weighted by molar-refractivity contribution is 5.89. The monoisotopic (exact) mass is 389 g/mol. The number of esters is 1. The summed E-state index contributed by atoms with van der Waals surface area (Å²) in [5.41, 5.74) is 2.85. The maximum atomic E-state index is 12.3. The Morgan fingerprint density at radius 2 is 1.78 bits per heavy atom. The first-order chi connectivity index (χ1) is 12.7. The van der Waals surface area contributed by atoms with Crippen molar-refractivity contribution in [2.75, 3.05) is 13.7 Å². The minimum Gasteiger partial charge on any atom is -0.497 e. The van der Waals surface area contributed by atoms with Gasteiger partial charge in [-0.15, -0.1) is 12.4 Å². The zero-order valence-corrected chi connectivity index (χ0v) is 16.8. The SMILES string of the molecule is COc1ccc(C(=O)OCc2ccccc2CN2CCCCC2C)cc1.Cl. The molecule has 5 heteroatoms. The molecule has 1 aliphatic heterocycles. The maximum Gasteiger partial charge on any atom is 0.338 e. The highest BCUT2D eigenvalue weighted by atomic mass is 35.5. The Morgan fingerprint density at radius 3 is 2.44 bits per heavy atom. The van der Waals surface area contributed by atoms with Crippen molar-refractivity contribution in [3.05, 3.63) is 65.2 Å². The maximum absolute atomic E-state index is 12.3. The van der Waals surface area contributed by atoms with Crippen molar-refractivity contribution in [1.82, 2.24) is 4.90 Å². The number of benzene rings is 2. The standard InChI is InChI=1S/C22H27NO3.ClH/c1-17-7-5-6-14-23(17)15-19-8-3-4-9-20(19)16-26-22(24)18-10-12-21(25-2)13-11-18;/h3-4,8-13,17H,5-7,14-16H2,1-2H3;1H. The number of hydrogen-bond donors (Lipinski definition) is 0. The van der Waals surface area contributed by atoms with Gasteiger partial charge >= 0.3 is 5.97 Å². The van der Waals surface area contributed by atoms with Gasteiger partial charge in [-0.25, -0.2) is 4.79 Å². The van der Waals surface area contributed by atoms with E-state index in [1.165, 1.54) is 24.8 Å². The number of carbonyl (C=O) groups is 1. The topological polar surface area (TPSA) is 38.8 Å². The third-order valence-electron chi connectivity index (χ3n) is 5.12. The van der Waals surface area contributed by atoms with Crippen LogP contribution in [0.3, 0.4) is 0 Å². The van der Waals surface area contributed by atoms with Gasteiger partial charge in [0, 0.05) is 12.6 Å². The zero-order valence-electron chi connectivity index (χ0n) is 16.0. The van der Waals surface area contributed by atoms with Gasteiger partial charge in [0.15, 0.2) is 0 Å². The number of hydrogen-bond acceptors (Lipinski definition) is 4. The van der Waals surface area contributed by atoms with E-state index in [1.807, 2.05) is 12.1 Å². The number of methoxy groups -OCH3 is 1. The first kappa shape index (κ1) is 21.3. The summed E-state index contributed by atoms with van der Waals surface area (Å²) in [5, 5.41) is 0. The van der Waals surface area contributed by atoms with Crippen molar-refractivity contribution >= 4 is 18.4 Å². The molecule has 1 heterocycles. The van der Waals surface area contributed by atoms with Crippen molar-refractivity contribution in [1.29, 1.82) is 0 Å². The predicted molar refractivity (Wildman–Crippen MR) is 110 cm³/mol. The highest BCUT2D eigenvalue weighted by Gasteiger charge is 2.19. The molecule has 1 aliphatic rings. The van der Waals surface area contributed by atoms with E-state index in [-0.39, 0.29) is 18.4 Å². The molecule has 0 amide bonds. The molecule has 2 aromatic carbocycles. The van der Waals surface area contributed by atoms with Gasteiger partial charge in [0.25, 0.3) is 0 Å². The van der Waals surface area contributed by atoms with E-state index in [9.17, 15) is 4.79 Å². The quantitative estimate of drug-likeness (QED) is 0.662. The fourth-order valence-electron chi connectivity index (χ4n) is 3.42. The molecule has 27 heavy (non-hydrogen) atoms. The Bertz CT molecular complexity index is 733. The van der Waals surface area contributed by atoms with Crippen LogP contribution in [0.25, 0.3) is 0 Å². The molecule has 1 atom stereocenters. The molecule has 1 unspecified atom stereocenters. The molecule has 2 aromatic rings. The van der Waals surface area contributed by atoms with Crippen LogP contribution in [0.1, 0.15) is 47.7 Å². The van der Waals surface area contributed by atoms with Gasteiger partial charge in [-0.3, -0.25) is 4.90 Å². The third kappa shape index (κ3) is 5.72. The molecule has 0 saturated carbocycles. The summed E-state index contributed by atoms with van der Waals surface area (Å²) >= 11 is 0. The second-order valence-electron chi connectivity index (χ2n) is 6.89. The number of carbonyl (C=O) groups excluding carboxylic acids is 1. The van der Waals surface area contributed by atoms with E-state index in [0.717, 1.165) is 24.4 Å². The number of nitrogens with zero attached hydrogens (tertiary/aromatic N) is 1. The highest BCUT2D eigenvalue weighted by Crippen LogP contribution is 2.21. The zero-order chi connectivity index (χ0) is 18.4. The van der Waals surface area contributed by atoms with E-state index in [0.29, 0.717) is 18.2 Å². The summed E-state index contributed by atoms with van der Waals surface area (Å²) in [7, 11) is 1.60. The molecule has 0 radical (unpaired) electrons. The lowest BCUT2D eigenvalue weighted by Gasteiger charge is -2.33. The molecule has 1 fully saturated rings. The van der Waals surface area contributed by atoms with Gasteiger partial charge in [-0.2, -0.15) is 0 Å². The average molecular weight is 390 g/mol. The molecule has 1 saturated heterocycles. The lowest BCUT2D eigenvalue weighted by molar-refractivity contribution is 0.0470. The van der Waals surface area contributed by atoms with Gasteiger partial charge in [0.05, 0.1) is 12.7 Å². The van der Waals surface area contributed by atoms with Crippen LogP contribution < -0.4 is 4.74 Å². The number of rotatable bonds is 6. The molecule has 0 bridgehead atoms. The summed E-state index contributed by atoms with van der Waals surface area (Å²) in [4.78, 5) is 14.8. The Hall–Kier alpha value is -2.04. The van der Waals surface area contributed by atoms with Crippen LogP contribution in [0.2, 0.25) is 0 Å². The summed E-state index contributed by atoms with van der Waals surface area (Å²) in [6.45, 7) is 4.65. The lowest BCUT2D eigenvalue weighted by atomic mass is 10.0. The molecule has 0 spiro atoms. The Morgan fingerprint density at radius 1 is 1.07 bits per heavy atom. The van der Waals surface area contributed by atoms with Gasteiger partial charge in [0.1, 0.15) is 12.4 Å². The predicted octanol–water partition coefficient (Wildman–Crippen LogP) is 4.85. The van der Waals surface area contributed by atoms with Gasteiger partial charge < -0.3 is 9.47 Å². The van der Waals surface area contributed by atoms with Crippen LogP contribution in [-0.2, 0) is 17.9 Å². The largest absolute Gasteiger partial charge is 0.497 e. The van der Waals surface area contributed by atoms with Crippen LogP contribution in [0.15, 0.2) is 48.5 Å². The Balaban J connectivity index is 0.00000261. The number of halogens is 1. The number of piperidine rings is 1. The van der Waals surface area contributed by atoms with E-state index in [4.69, 9.17) is 9.47 Å². The molecule has 0 aliphatic carbocycles. The van der Waals surface area contributed by atoms with Crippen LogP contribution >= 0.6 is 12.4 Å². The van der Waals surface area contributed by atoms with E-state index in [1.54, 1.807) is 31.4 Å². The first-order valence-corrected chi connectivity index (χ1v) is 9.29. The molecule has 4 nitrogen and oxygen atoms in total. The van der Waals surface area contributed by atoms with Crippen molar-refractivity contribution in [2.24, 2.45) is 0 Å². The summed E-state index contributed by atoms with van der Waals surface area (Å²) in [5.74, 6) is 0.413. The van der Waals surface area contributed by atoms with Crippen molar-refractivity contribution < 1.29 is 14.3 Å². The lowest BCUT2D eigenvalue weighted by Crippen LogP contribution is -2.37. The van der Waals surface area contributed by atoms with Crippen LogP contribution in [-0.4, -0.2) is 30.6 Å². The van der Waals surface area contributed by atoms with Gasteiger partial charge in [0.2, 0.25) is 0 Å². The van der Waals surface area contributed by atoms with Crippen molar-refractivity contribution in [3.8, 4) is 5.75 Å². The third-order valence-corrected chi connectivity index (χ3v) is 5.12. The van der Waals surface area contributed by atoms with Gasteiger partial charge in [-0.05, 0) is 61.7 Å². The Kier molecular flexibility index (Phi) is 8.14. The number of likely N-dealkylation sites (tertiary alicyclic amines) is 1. The molecular formula is C22H28ClNO3. The first-order valence-electron chi connectivity index (χ1n) is 9.29. The fraction of sp³-hybridized carbons (Fsp3) is 0.409. The summed E-state index contributed by atoms with van der Waals surface area (Å²) in [6, 6.07) is 15.8. The molecule has 146 valence electrons. The van der Waals surface area contributed by atoms with E-state index < -0.39 is 0 Å². The van der Waals surface area contributed by atoms with E-state index >= 15 is 0 Å². The molecule has 3 rings (SSSR count). The fourth-order valence-corrected chi connectivity index (χ4v) is 3.42. The minimum atomic E-state index is -0.311. The normalized spacial score (nSPS) is 17.0. The molecule has 0 aromatic heterocycles. The second-order valence-corrected chi connectivity index (χ2v) is 6.89. The summed E-state index contributed by atoms with van der Waals surface area (Å²) in [6.07, 6.45) is 3.84. The van der Waals surface area contributed by atoms with Crippen molar-refractivity contribution in [2.45, 2.75) is 45.4 Å². The van der Waals surface area contributed by atoms with Crippen LogP contribution in [0.4, 0.5) is 0 Å². The molecular weight excluding hydrogens is 362 g/mol. The summed E-state index contributed by atoms with van der Waals surface area (Å²) < 4.78 is 10.7. The average Bonchev–Trinajstić information content (AvgIpc) is 2.69. The number of ether oxygens (including phenoxy) is 2. The second kappa shape index (κ2) is 10.3. The van der Waals surface area contributed by atoms with Crippen LogP contribution in [0.5, 0.6) is 5.75 Å². The van der Waals surface area contributed by atoms with Crippen LogP contribution in [0, 0.1) is 0 Å². The minimum absolute atomic E-state index is 0. The van der Waals surface area contributed by atoms with Crippen molar-refractivity contribution in [3.63, 3.8) is 0 Å².